The lowest BCUT2D eigenvalue weighted by Gasteiger charge is -2.30. The Kier molecular flexibility index (Phi) is 7.30. The quantitative estimate of drug-likeness (QED) is 0.285. The Morgan fingerprint density at radius 2 is 1.66 bits per heavy atom. The number of hydrogen-bond acceptors (Lipinski definition) is 7. The van der Waals surface area contributed by atoms with Crippen molar-refractivity contribution in [2.45, 2.75) is 22.7 Å². The molecule has 0 radical (unpaired) electrons. The fraction of sp³-hybridized carbons (Fsp3) is 0.172. The molecule has 2 aliphatic heterocycles. The molecule has 0 bridgehead atoms. The van der Waals surface area contributed by atoms with Crippen LogP contribution in [0.1, 0.15) is 16.4 Å². The van der Waals surface area contributed by atoms with E-state index in [1.807, 2.05) is 12.1 Å². The van der Waals surface area contributed by atoms with E-state index in [9.17, 15) is 23.6 Å². The average Bonchev–Trinajstić information content (AvgIpc) is 3.41. The Hall–Kier alpha value is -3.74. The molecule has 12 heteroatoms. The summed E-state index contributed by atoms with van der Waals surface area (Å²) in [4.78, 5) is 55.4. The summed E-state index contributed by atoms with van der Waals surface area (Å²) >= 11 is 5.50. The predicted octanol–water partition coefficient (Wildman–Crippen LogP) is 5.25. The van der Waals surface area contributed by atoms with Crippen molar-refractivity contribution in [2.24, 2.45) is 5.92 Å². The first-order valence-corrected chi connectivity index (χ1v) is 15.0. The van der Waals surface area contributed by atoms with Crippen LogP contribution in [-0.2, 0) is 20.9 Å². The van der Waals surface area contributed by atoms with Gasteiger partial charge in [-0.05, 0) is 66.2 Å². The molecule has 3 amide bonds. The molecule has 6 rings (SSSR count). The molecule has 1 saturated heterocycles. The van der Waals surface area contributed by atoms with Crippen LogP contribution >= 0.6 is 39.0 Å². The first-order chi connectivity index (χ1) is 19.7. The number of amides is 3. The number of halogens is 2. The monoisotopic (exact) mass is 653 g/mol. The van der Waals surface area contributed by atoms with Gasteiger partial charge in [0.05, 0.1) is 23.7 Å². The Balaban J connectivity index is 1.40. The number of ether oxygens (including phenoxy) is 1. The van der Waals surface area contributed by atoms with Gasteiger partial charge in [0.1, 0.15) is 23.4 Å². The van der Waals surface area contributed by atoms with Crippen LogP contribution in [0.4, 0.5) is 15.8 Å². The SMILES string of the molecule is COc1ccc([C@H]2c3sc(=O)n(CC(=O)Nc4ccc(F)cc4)c3SC3C(=O)N(c4ccc(Br)cc4)C(=O)C32)cc1. The summed E-state index contributed by atoms with van der Waals surface area (Å²) in [5.74, 6) is -2.35. The van der Waals surface area contributed by atoms with Gasteiger partial charge in [-0.2, -0.15) is 0 Å². The highest BCUT2D eigenvalue weighted by Gasteiger charge is 2.56. The molecule has 3 heterocycles. The van der Waals surface area contributed by atoms with E-state index in [4.69, 9.17) is 4.74 Å². The first-order valence-electron chi connectivity index (χ1n) is 12.5. The maximum Gasteiger partial charge on any atom is 0.308 e. The second-order valence-electron chi connectivity index (χ2n) is 9.48. The standard InChI is InChI=1S/C29H21BrFN3O5S2/c1-39-20-12-2-15(3-13-20)22-23-24(27(37)34(26(23)36)19-10-4-16(30)5-11-19)40-28-25(22)41-29(38)33(28)14-21(35)32-18-8-6-17(31)7-9-18/h2-13,22-24H,14H2,1H3,(H,32,35)/t22-,23?,24?/m1/s1. The van der Waals surface area contributed by atoms with Crippen LogP contribution < -0.4 is 19.8 Å². The largest absolute Gasteiger partial charge is 0.497 e. The Bertz CT molecular complexity index is 1720. The molecule has 1 fully saturated rings. The number of fused-ring (bicyclic) bond motifs is 2. The number of thioether (sulfide) groups is 1. The number of carbonyl (C=O) groups excluding carboxylic acids is 3. The molecule has 2 aliphatic rings. The van der Waals surface area contributed by atoms with E-state index in [0.717, 1.165) is 33.1 Å². The second-order valence-corrected chi connectivity index (χ2v) is 12.5. The van der Waals surface area contributed by atoms with Crippen molar-refractivity contribution in [1.82, 2.24) is 4.57 Å². The van der Waals surface area contributed by atoms with E-state index in [1.165, 1.54) is 33.7 Å². The fourth-order valence-corrected chi connectivity index (χ4v) is 8.19. The third kappa shape index (κ3) is 5.00. The Labute approximate surface area is 250 Å². The molecule has 8 nitrogen and oxygen atoms in total. The van der Waals surface area contributed by atoms with Crippen LogP contribution in [0.15, 0.2) is 87.1 Å². The van der Waals surface area contributed by atoms with Crippen LogP contribution in [0, 0.1) is 11.7 Å². The molecule has 0 aliphatic carbocycles. The van der Waals surface area contributed by atoms with Crippen molar-refractivity contribution in [2.75, 3.05) is 17.3 Å². The van der Waals surface area contributed by atoms with Crippen molar-refractivity contribution >= 4 is 68.1 Å². The van der Waals surface area contributed by atoms with E-state index < -0.39 is 28.8 Å². The zero-order valence-electron chi connectivity index (χ0n) is 21.4. The smallest absolute Gasteiger partial charge is 0.308 e. The highest BCUT2D eigenvalue weighted by Crippen LogP contribution is 2.54. The van der Waals surface area contributed by atoms with Crippen molar-refractivity contribution in [3.8, 4) is 5.75 Å². The number of carbonyl (C=O) groups is 3. The van der Waals surface area contributed by atoms with Gasteiger partial charge in [0.2, 0.25) is 17.7 Å². The van der Waals surface area contributed by atoms with Crippen LogP contribution in [0.5, 0.6) is 5.75 Å². The van der Waals surface area contributed by atoms with Crippen LogP contribution in [0.2, 0.25) is 0 Å². The number of imide groups is 1. The number of methoxy groups -OCH3 is 1. The molecule has 208 valence electrons. The number of nitrogens with one attached hydrogen (secondary N) is 1. The average molecular weight is 655 g/mol. The molecule has 0 saturated carbocycles. The number of thiazole rings is 1. The minimum atomic E-state index is -0.800. The van der Waals surface area contributed by atoms with E-state index in [0.29, 0.717) is 27.0 Å². The summed E-state index contributed by atoms with van der Waals surface area (Å²) in [6, 6.07) is 19.4. The predicted molar refractivity (Wildman–Crippen MR) is 158 cm³/mol. The zero-order valence-corrected chi connectivity index (χ0v) is 24.6. The lowest BCUT2D eigenvalue weighted by molar-refractivity contribution is -0.122. The summed E-state index contributed by atoms with van der Waals surface area (Å²) in [7, 11) is 1.55. The summed E-state index contributed by atoms with van der Waals surface area (Å²) in [6.45, 7) is -0.305. The van der Waals surface area contributed by atoms with Gasteiger partial charge in [-0.15, -0.1) is 0 Å². The highest BCUT2D eigenvalue weighted by atomic mass is 79.9. The molecule has 1 N–H and O–H groups in total. The maximum absolute atomic E-state index is 13.9. The fourth-order valence-electron chi connectivity index (χ4n) is 5.15. The van der Waals surface area contributed by atoms with Gasteiger partial charge in [0, 0.05) is 21.0 Å². The molecule has 0 spiro atoms. The molecule has 4 aromatic rings. The lowest BCUT2D eigenvalue weighted by atomic mass is 9.83. The van der Waals surface area contributed by atoms with Crippen molar-refractivity contribution < 1.29 is 23.5 Å². The Morgan fingerprint density at radius 1 is 0.976 bits per heavy atom. The number of aromatic nitrogens is 1. The van der Waals surface area contributed by atoms with Gasteiger partial charge in [0.25, 0.3) is 0 Å². The highest BCUT2D eigenvalue weighted by molar-refractivity contribution is 9.10. The Morgan fingerprint density at radius 3 is 2.32 bits per heavy atom. The van der Waals surface area contributed by atoms with E-state index >= 15 is 0 Å². The number of anilines is 2. The second kappa shape index (κ2) is 10.9. The molecule has 3 atom stereocenters. The number of rotatable bonds is 6. The number of hydrogen-bond donors (Lipinski definition) is 1. The minimum absolute atomic E-state index is 0.305. The molecular formula is C29H21BrFN3O5S2. The van der Waals surface area contributed by atoms with Crippen LogP contribution in [-0.4, -0.2) is 34.6 Å². The minimum Gasteiger partial charge on any atom is -0.497 e. The third-order valence-electron chi connectivity index (χ3n) is 7.04. The molecule has 2 unspecified atom stereocenters. The van der Waals surface area contributed by atoms with E-state index in [-0.39, 0.29) is 23.2 Å². The van der Waals surface area contributed by atoms with Gasteiger partial charge in [-0.3, -0.25) is 23.7 Å². The summed E-state index contributed by atoms with van der Waals surface area (Å²) in [5, 5.41) is 2.36. The van der Waals surface area contributed by atoms with Crippen molar-refractivity contribution in [3.63, 3.8) is 0 Å². The molecule has 41 heavy (non-hydrogen) atoms. The van der Waals surface area contributed by atoms with Gasteiger partial charge in [-0.1, -0.05) is 51.2 Å². The third-order valence-corrected chi connectivity index (χ3v) is 10.2. The van der Waals surface area contributed by atoms with Gasteiger partial charge in [-0.25, -0.2) is 9.29 Å². The summed E-state index contributed by atoms with van der Waals surface area (Å²) in [5.41, 5.74) is 1.61. The molecule has 3 aromatic carbocycles. The zero-order chi connectivity index (χ0) is 28.8. The summed E-state index contributed by atoms with van der Waals surface area (Å²) < 4.78 is 20.7. The number of benzene rings is 3. The number of nitrogens with zero attached hydrogens (tertiary/aromatic N) is 2. The van der Waals surface area contributed by atoms with Gasteiger partial charge >= 0.3 is 4.87 Å². The normalized spacial score (nSPS) is 19.6. The first kappa shape index (κ1) is 27.4. The lowest BCUT2D eigenvalue weighted by Crippen LogP contribution is -2.33. The summed E-state index contributed by atoms with van der Waals surface area (Å²) in [6.07, 6.45) is 0. The van der Waals surface area contributed by atoms with E-state index in [1.54, 1.807) is 43.5 Å². The van der Waals surface area contributed by atoms with E-state index in [2.05, 4.69) is 21.2 Å². The maximum atomic E-state index is 13.9. The van der Waals surface area contributed by atoms with Crippen LogP contribution in [0.25, 0.3) is 0 Å². The topological polar surface area (TPSA) is 97.7 Å². The molecule has 1 aromatic heterocycles. The van der Waals surface area contributed by atoms with Gasteiger partial charge < -0.3 is 10.1 Å². The molecular weight excluding hydrogens is 633 g/mol. The van der Waals surface area contributed by atoms with Crippen molar-refractivity contribution in [1.29, 1.82) is 0 Å². The van der Waals surface area contributed by atoms with Crippen molar-refractivity contribution in [3.05, 3.63) is 103 Å². The van der Waals surface area contributed by atoms with Gasteiger partial charge in [0.15, 0.2) is 0 Å². The van der Waals surface area contributed by atoms with Crippen LogP contribution in [0.3, 0.4) is 0 Å².